The highest BCUT2D eigenvalue weighted by Crippen LogP contribution is 2.26. The first kappa shape index (κ1) is 15.6. The van der Waals surface area contributed by atoms with Crippen molar-refractivity contribution < 1.29 is 4.79 Å². The van der Waals surface area contributed by atoms with Gasteiger partial charge in [0.15, 0.2) is 0 Å². The normalized spacial score (nSPS) is 10.3. The second kappa shape index (κ2) is 6.31. The molecule has 0 aliphatic heterocycles. The minimum atomic E-state index is -0.104. The average Bonchev–Trinajstić information content (AvgIpc) is 2.42. The summed E-state index contributed by atoms with van der Waals surface area (Å²) < 4.78 is 1.02. The number of carbonyl (C=O) groups excluding carboxylic acids is 1. The van der Waals surface area contributed by atoms with Crippen molar-refractivity contribution in [2.75, 3.05) is 17.7 Å². The van der Waals surface area contributed by atoms with Gasteiger partial charge in [0.2, 0.25) is 0 Å². The lowest BCUT2D eigenvalue weighted by Gasteiger charge is -2.14. The maximum absolute atomic E-state index is 12.5. The van der Waals surface area contributed by atoms with Gasteiger partial charge in [0, 0.05) is 22.9 Å². The Hall–Kier alpha value is -1.81. The van der Waals surface area contributed by atoms with E-state index in [9.17, 15) is 4.79 Å². The van der Waals surface area contributed by atoms with Gasteiger partial charge in [0.1, 0.15) is 0 Å². The smallest absolute Gasteiger partial charge is 0.257 e. The highest BCUT2D eigenvalue weighted by molar-refractivity contribution is 9.10. The summed E-state index contributed by atoms with van der Waals surface area (Å²) in [7, 11) is 1.82. The first-order chi connectivity index (χ1) is 9.92. The van der Waals surface area contributed by atoms with E-state index in [4.69, 9.17) is 0 Å². The fourth-order valence-electron chi connectivity index (χ4n) is 2.35. The number of carbonyl (C=O) groups is 1. The molecule has 2 rings (SSSR count). The Morgan fingerprint density at radius 3 is 2.24 bits per heavy atom. The van der Waals surface area contributed by atoms with Crippen LogP contribution in [-0.4, -0.2) is 13.0 Å². The van der Waals surface area contributed by atoms with Crippen LogP contribution < -0.4 is 10.6 Å². The second-order valence-corrected chi connectivity index (χ2v) is 6.08. The largest absolute Gasteiger partial charge is 0.387 e. The minimum absolute atomic E-state index is 0.104. The number of benzene rings is 2. The van der Waals surface area contributed by atoms with E-state index in [0.717, 1.165) is 32.5 Å². The molecule has 0 spiro atoms. The molecule has 4 heteroatoms. The molecule has 0 aliphatic carbocycles. The molecule has 3 nitrogen and oxygen atoms in total. The van der Waals surface area contributed by atoms with E-state index in [1.165, 1.54) is 0 Å². The number of hydrogen-bond donors (Lipinski definition) is 2. The number of rotatable bonds is 3. The highest BCUT2D eigenvalue weighted by atomic mass is 79.9. The summed E-state index contributed by atoms with van der Waals surface area (Å²) in [4.78, 5) is 12.5. The fourth-order valence-corrected chi connectivity index (χ4v) is 3.04. The summed E-state index contributed by atoms with van der Waals surface area (Å²) in [5.41, 5.74) is 5.53. The van der Waals surface area contributed by atoms with Crippen LogP contribution in [-0.2, 0) is 0 Å². The number of halogens is 1. The molecule has 0 heterocycles. The molecular weight excluding hydrogens is 328 g/mol. The molecule has 0 radical (unpaired) electrons. The molecule has 0 fully saturated rings. The second-order valence-electron chi connectivity index (χ2n) is 5.17. The molecule has 0 saturated heterocycles. The van der Waals surface area contributed by atoms with Crippen LogP contribution in [0.3, 0.4) is 0 Å². The third kappa shape index (κ3) is 3.45. The van der Waals surface area contributed by atoms with E-state index in [2.05, 4.69) is 26.6 Å². The zero-order valence-electron chi connectivity index (χ0n) is 12.7. The van der Waals surface area contributed by atoms with Gasteiger partial charge in [-0.25, -0.2) is 0 Å². The van der Waals surface area contributed by atoms with E-state index in [0.29, 0.717) is 5.56 Å². The van der Waals surface area contributed by atoms with Gasteiger partial charge < -0.3 is 10.6 Å². The maximum atomic E-state index is 12.5. The summed E-state index contributed by atoms with van der Waals surface area (Å²) in [6, 6.07) is 9.75. The Morgan fingerprint density at radius 1 is 1.05 bits per heavy atom. The fraction of sp³-hybridized carbons (Fsp3) is 0.235. The summed E-state index contributed by atoms with van der Waals surface area (Å²) >= 11 is 3.47. The van der Waals surface area contributed by atoms with Crippen LogP contribution in [0.2, 0.25) is 0 Å². The zero-order valence-corrected chi connectivity index (χ0v) is 14.3. The van der Waals surface area contributed by atoms with Crippen LogP contribution in [0.15, 0.2) is 34.8 Å². The topological polar surface area (TPSA) is 41.1 Å². The van der Waals surface area contributed by atoms with E-state index in [-0.39, 0.29) is 5.91 Å². The van der Waals surface area contributed by atoms with Crippen molar-refractivity contribution in [2.24, 2.45) is 0 Å². The molecule has 2 N–H and O–H groups in total. The summed E-state index contributed by atoms with van der Waals surface area (Å²) in [5.74, 6) is -0.104. The Kier molecular flexibility index (Phi) is 4.68. The lowest BCUT2D eigenvalue weighted by Crippen LogP contribution is -2.15. The van der Waals surface area contributed by atoms with E-state index in [1.54, 1.807) is 0 Å². The minimum Gasteiger partial charge on any atom is -0.387 e. The van der Waals surface area contributed by atoms with Crippen LogP contribution >= 0.6 is 15.9 Å². The highest BCUT2D eigenvalue weighted by Gasteiger charge is 2.13. The molecule has 21 heavy (non-hydrogen) atoms. The van der Waals surface area contributed by atoms with Crippen molar-refractivity contribution in [3.63, 3.8) is 0 Å². The predicted octanol–water partition coefficient (Wildman–Crippen LogP) is 4.67. The molecule has 0 atom stereocenters. The Morgan fingerprint density at radius 2 is 1.67 bits per heavy atom. The van der Waals surface area contributed by atoms with Crippen molar-refractivity contribution in [1.82, 2.24) is 0 Å². The molecule has 0 saturated carbocycles. The maximum Gasteiger partial charge on any atom is 0.257 e. The SMILES string of the molecule is CNc1cc(C)ccc1C(=O)Nc1c(C)cc(Br)cc1C. The number of aryl methyl sites for hydroxylation is 3. The van der Waals surface area contributed by atoms with Crippen molar-refractivity contribution in [3.05, 3.63) is 57.1 Å². The van der Waals surface area contributed by atoms with Crippen LogP contribution in [0.5, 0.6) is 0 Å². The monoisotopic (exact) mass is 346 g/mol. The van der Waals surface area contributed by atoms with Gasteiger partial charge in [0.25, 0.3) is 5.91 Å². The summed E-state index contributed by atoms with van der Waals surface area (Å²) in [5, 5.41) is 6.09. The molecule has 2 aromatic carbocycles. The number of anilines is 2. The van der Waals surface area contributed by atoms with Crippen LogP contribution in [0, 0.1) is 20.8 Å². The van der Waals surface area contributed by atoms with Gasteiger partial charge >= 0.3 is 0 Å². The summed E-state index contributed by atoms with van der Waals surface area (Å²) in [6.07, 6.45) is 0. The van der Waals surface area contributed by atoms with Crippen molar-refractivity contribution >= 4 is 33.2 Å². The van der Waals surface area contributed by atoms with Gasteiger partial charge in [-0.2, -0.15) is 0 Å². The van der Waals surface area contributed by atoms with Crippen LogP contribution in [0.1, 0.15) is 27.0 Å². The first-order valence-electron chi connectivity index (χ1n) is 6.79. The van der Waals surface area contributed by atoms with Crippen LogP contribution in [0.25, 0.3) is 0 Å². The van der Waals surface area contributed by atoms with E-state index >= 15 is 0 Å². The zero-order chi connectivity index (χ0) is 15.6. The van der Waals surface area contributed by atoms with Crippen molar-refractivity contribution in [3.8, 4) is 0 Å². The third-order valence-electron chi connectivity index (χ3n) is 3.43. The molecule has 0 aromatic heterocycles. The quantitative estimate of drug-likeness (QED) is 0.847. The van der Waals surface area contributed by atoms with Gasteiger partial charge in [-0.05, 0) is 61.7 Å². The lowest BCUT2D eigenvalue weighted by molar-refractivity contribution is 0.102. The molecule has 0 aliphatic rings. The van der Waals surface area contributed by atoms with Crippen molar-refractivity contribution in [2.45, 2.75) is 20.8 Å². The van der Waals surface area contributed by atoms with Crippen LogP contribution in [0.4, 0.5) is 11.4 Å². The number of nitrogens with one attached hydrogen (secondary N) is 2. The summed E-state index contributed by atoms with van der Waals surface area (Å²) in [6.45, 7) is 5.98. The van der Waals surface area contributed by atoms with Gasteiger partial charge in [0.05, 0.1) is 5.56 Å². The standard InChI is InChI=1S/C17H19BrN2O/c1-10-5-6-14(15(7-10)19-4)17(21)20-16-11(2)8-13(18)9-12(16)3/h5-9,19H,1-4H3,(H,20,21). The predicted molar refractivity (Wildman–Crippen MR) is 92.3 cm³/mol. The molecule has 0 bridgehead atoms. The van der Waals surface area contributed by atoms with E-state index < -0.39 is 0 Å². The molecule has 2 aromatic rings. The van der Waals surface area contributed by atoms with Gasteiger partial charge in [-0.1, -0.05) is 22.0 Å². The molecule has 1 amide bonds. The lowest BCUT2D eigenvalue weighted by atomic mass is 10.1. The molecular formula is C17H19BrN2O. The third-order valence-corrected chi connectivity index (χ3v) is 3.88. The van der Waals surface area contributed by atoms with Gasteiger partial charge in [-0.15, -0.1) is 0 Å². The number of amides is 1. The van der Waals surface area contributed by atoms with Gasteiger partial charge in [-0.3, -0.25) is 4.79 Å². The van der Waals surface area contributed by atoms with Crippen molar-refractivity contribution in [1.29, 1.82) is 0 Å². The van der Waals surface area contributed by atoms with E-state index in [1.807, 2.05) is 58.2 Å². The first-order valence-corrected chi connectivity index (χ1v) is 7.58. The number of hydrogen-bond acceptors (Lipinski definition) is 2. The Labute approximate surface area is 133 Å². The molecule has 110 valence electrons. The Bertz CT molecular complexity index is 672. The average molecular weight is 347 g/mol. The molecule has 0 unspecified atom stereocenters. The Balaban J connectivity index is 2.35.